The number of thiophene rings is 1. The Hall–Kier alpha value is -1.36. The van der Waals surface area contributed by atoms with Crippen molar-refractivity contribution in [2.24, 2.45) is 0 Å². The zero-order valence-corrected chi connectivity index (χ0v) is 12.9. The van der Waals surface area contributed by atoms with Gasteiger partial charge in [-0.25, -0.2) is 0 Å². The summed E-state index contributed by atoms with van der Waals surface area (Å²) >= 11 is 13.5. The summed E-state index contributed by atoms with van der Waals surface area (Å²) in [5.41, 5.74) is 3.71. The van der Waals surface area contributed by atoms with Crippen LogP contribution in [0, 0.1) is 0 Å². The molecule has 2 heterocycles. The fourth-order valence-corrected chi connectivity index (χ4v) is 3.67. The minimum absolute atomic E-state index is 0.0698. The van der Waals surface area contributed by atoms with Gasteiger partial charge in [0.2, 0.25) is 0 Å². The molecule has 3 aromatic rings. The maximum atomic E-state index is 6.17. The topological polar surface area (TPSA) is 37.8 Å². The van der Waals surface area contributed by atoms with Crippen LogP contribution in [0.3, 0.4) is 0 Å². The van der Waals surface area contributed by atoms with Crippen LogP contribution in [-0.2, 0) is 0 Å². The van der Waals surface area contributed by atoms with Crippen LogP contribution in [0.4, 0.5) is 5.69 Å². The summed E-state index contributed by atoms with van der Waals surface area (Å²) in [5.74, 6) is 0. The van der Waals surface area contributed by atoms with Crippen molar-refractivity contribution in [1.29, 1.82) is 0 Å². The molecule has 0 spiro atoms. The van der Waals surface area contributed by atoms with Gasteiger partial charge in [0, 0.05) is 23.6 Å². The van der Waals surface area contributed by atoms with Gasteiger partial charge in [-0.2, -0.15) is 0 Å². The molecule has 1 aromatic carbocycles. The second kappa shape index (κ2) is 5.56. The molecule has 0 saturated carbocycles. The van der Waals surface area contributed by atoms with Crippen LogP contribution in [0.5, 0.6) is 0 Å². The van der Waals surface area contributed by atoms with Crippen LogP contribution in [0.2, 0.25) is 8.67 Å². The molecule has 0 bridgehead atoms. The summed E-state index contributed by atoms with van der Waals surface area (Å²) in [4.78, 5) is 8.55. The molecule has 0 aliphatic carbocycles. The number of hydrogen-bond donors (Lipinski definition) is 1. The third-order valence-electron chi connectivity index (χ3n) is 3.00. The Kier molecular flexibility index (Phi) is 3.78. The van der Waals surface area contributed by atoms with E-state index in [0.717, 1.165) is 26.6 Å². The molecule has 0 amide bonds. The van der Waals surface area contributed by atoms with E-state index < -0.39 is 0 Å². The first-order chi connectivity index (χ1) is 9.63. The highest BCUT2D eigenvalue weighted by molar-refractivity contribution is 7.20. The Labute approximate surface area is 130 Å². The van der Waals surface area contributed by atoms with E-state index in [1.807, 2.05) is 31.2 Å². The first-order valence-corrected chi connectivity index (χ1v) is 7.63. The van der Waals surface area contributed by atoms with E-state index in [9.17, 15) is 0 Å². The minimum atomic E-state index is 0.0698. The Morgan fingerprint density at radius 1 is 1.10 bits per heavy atom. The fraction of sp³-hybridized carbons (Fsp3) is 0.143. The zero-order valence-electron chi connectivity index (χ0n) is 10.6. The molecule has 3 rings (SSSR count). The number of aromatic nitrogens is 2. The molecule has 6 heteroatoms. The lowest BCUT2D eigenvalue weighted by Gasteiger charge is -2.15. The summed E-state index contributed by atoms with van der Waals surface area (Å²) in [6.07, 6.45) is 3.37. The monoisotopic (exact) mass is 323 g/mol. The summed E-state index contributed by atoms with van der Waals surface area (Å²) in [5, 5.41) is 3.40. The maximum Gasteiger partial charge on any atom is 0.0996 e. The maximum absolute atomic E-state index is 6.17. The molecular weight excluding hydrogens is 313 g/mol. The highest BCUT2D eigenvalue weighted by atomic mass is 35.5. The molecule has 0 saturated heterocycles. The molecule has 1 atom stereocenters. The Morgan fingerprint density at radius 3 is 2.55 bits per heavy atom. The van der Waals surface area contributed by atoms with Crippen LogP contribution in [-0.4, -0.2) is 9.97 Å². The smallest absolute Gasteiger partial charge is 0.0996 e. The molecule has 20 heavy (non-hydrogen) atoms. The van der Waals surface area contributed by atoms with Crippen molar-refractivity contribution in [2.75, 3.05) is 5.32 Å². The quantitative estimate of drug-likeness (QED) is 0.722. The molecule has 0 aliphatic heterocycles. The summed E-state index contributed by atoms with van der Waals surface area (Å²) in [7, 11) is 0. The summed E-state index contributed by atoms with van der Waals surface area (Å²) < 4.78 is 1.42. The number of benzene rings is 1. The molecule has 2 aromatic heterocycles. The van der Waals surface area contributed by atoms with Gasteiger partial charge in [-0.1, -0.05) is 23.2 Å². The van der Waals surface area contributed by atoms with Gasteiger partial charge in [0.05, 0.1) is 25.7 Å². The van der Waals surface area contributed by atoms with E-state index in [-0.39, 0.29) is 6.04 Å². The van der Waals surface area contributed by atoms with Gasteiger partial charge in [-0.3, -0.25) is 9.97 Å². The van der Waals surface area contributed by atoms with Crippen LogP contribution in [0.1, 0.15) is 18.5 Å². The van der Waals surface area contributed by atoms with Crippen LogP contribution < -0.4 is 5.32 Å². The second-order valence-corrected chi connectivity index (χ2v) is 6.69. The standard InChI is InChI=1S/C14H11Cl2N3S/c1-8(10-7-13(15)20-14(10)16)19-9-2-3-11-12(6-9)18-5-4-17-11/h2-8,19H,1H3. The second-order valence-electron chi connectivity index (χ2n) is 4.41. The van der Waals surface area contributed by atoms with Crippen molar-refractivity contribution >= 4 is 51.3 Å². The third kappa shape index (κ3) is 2.73. The number of hydrogen-bond acceptors (Lipinski definition) is 4. The zero-order chi connectivity index (χ0) is 14.1. The van der Waals surface area contributed by atoms with E-state index in [1.54, 1.807) is 12.4 Å². The van der Waals surface area contributed by atoms with E-state index in [2.05, 4.69) is 15.3 Å². The average molecular weight is 324 g/mol. The number of fused-ring (bicyclic) bond motifs is 1. The third-order valence-corrected chi connectivity index (χ3v) is 4.52. The molecule has 1 N–H and O–H groups in total. The van der Waals surface area contributed by atoms with E-state index in [4.69, 9.17) is 23.2 Å². The van der Waals surface area contributed by atoms with Crippen molar-refractivity contribution in [3.63, 3.8) is 0 Å². The fourth-order valence-electron chi connectivity index (χ4n) is 2.03. The molecule has 0 radical (unpaired) electrons. The van der Waals surface area contributed by atoms with Gasteiger partial charge < -0.3 is 5.32 Å². The molecule has 1 unspecified atom stereocenters. The Balaban J connectivity index is 1.87. The van der Waals surface area contributed by atoms with Crippen molar-refractivity contribution in [1.82, 2.24) is 9.97 Å². The van der Waals surface area contributed by atoms with Gasteiger partial charge >= 0.3 is 0 Å². The predicted molar refractivity (Wildman–Crippen MR) is 85.9 cm³/mol. The lowest BCUT2D eigenvalue weighted by Crippen LogP contribution is -2.06. The van der Waals surface area contributed by atoms with E-state index in [1.165, 1.54) is 11.3 Å². The van der Waals surface area contributed by atoms with Crippen molar-refractivity contribution in [3.05, 3.63) is 50.9 Å². The van der Waals surface area contributed by atoms with E-state index in [0.29, 0.717) is 4.34 Å². The van der Waals surface area contributed by atoms with Crippen molar-refractivity contribution in [3.8, 4) is 0 Å². The number of anilines is 1. The summed E-state index contributed by atoms with van der Waals surface area (Å²) in [6.45, 7) is 2.05. The van der Waals surface area contributed by atoms with Gasteiger partial charge in [0.25, 0.3) is 0 Å². The highest BCUT2D eigenvalue weighted by Gasteiger charge is 2.13. The molecule has 3 nitrogen and oxygen atoms in total. The van der Waals surface area contributed by atoms with Gasteiger partial charge in [-0.15, -0.1) is 11.3 Å². The SMILES string of the molecule is CC(Nc1ccc2nccnc2c1)c1cc(Cl)sc1Cl. The predicted octanol–water partition coefficient (Wildman–Crippen LogP) is 5.17. The van der Waals surface area contributed by atoms with Crippen LogP contribution in [0.15, 0.2) is 36.7 Å². The first kappa shape index (κ1) is 13.6. The lowest BCUT2D eigenvalue weighted by atomic mass is 10.1. The molecule has 102 valence electrons. The summed E-state index contributed by atoms with van der Waals surface area (Å²) in [6, 6.07) is 7.86. The van der Waals surface area contributed by atoms with Crippen LogP contribution >= 0.6 is 34.5 Å². The number of rotatable bonds is 3. The first-order valence-electron chi connectivity index (χ1n) is 6.05. The van der Waals surface area contributed by atoms with Crippen LogP contribution in [0.25, 0.3) is 11.0 Å². The van der Waals surface area contributed by atoms with E-state index >= 15 is 0 Å². The number of halogens is 2. The van der Waals surface area contributed by atoms with Crippen molar-refractivity contribution in [2.45, 2.75) is 13.0 Å². The van der Waals surface area contributed by atoms with Gasteiger partial charge in [0.15, 0.2) is 0 Å². The number of nitrogens with zero attached hydrogens (tertiary/aromatic N) is 2. The largest absolute Gasteiger partial charge is 0.378 e. The minimum Gasteiger partial charge on any atom is -0.378 e. The number of nitrogens with one attached hydrogen (secondary N) is 1. The Bertz CT molecular complexity index is 757. The Morgan fingerprint density at radius 2 is 1.85 bits per heavy atom. The van der Waals surface area contributed by atoms with Gasteiger partial charge in [-0.05, 0) is 31.2 Å². The lowest BCUT2D eigenvalue weighted by molar-refractivity contribution is 0.891. The molecular formula is C14H11Cl2N3S. The average Bonchev–Trinajstić information content (AvgIpc) is 2.78. The molecule has 0 fully saturated rings. The van der Waals surface area contributed by atoms with Crippen molar-refractivity contribution < 1.29 is 0 Å². The highest BCUT2D eigenvalue weighted by Crippen LogP contribution is 2.36. The van der Waals surface area contributed by atoms with Gasteiger partial charge in [0.1, 0.15) is 0 Å². The molecule has 0 aliphatic rings. The normalized spacial score (nSPS) is 12.6.